The Labute approximate surface area is 243 Å². The summed E-state index contributed by atoms with van der Waals surface area (Å²) in [5, 5.41) is 11.5. The van der Waals surface area contributed by atoms with Crippen LogP contribution in [0.25, 0.3) is 5.76 Å². The monoisotopic (exact) mass is 562 g/mol. The third-order valence-corrected chi connectivity index (χ3v) is 6.80. The van der Waals surface area contributed by atoms with Crippen LogP contribution in [0.4, 0.5) is 5.69 Å². The number of anilines is 1. The molecule has 0 bridgehead atoms. The summed E-state index contributed by atoms with van der Waals surface area (Å²) in [7, 11) is 0. The minimum absolute atomic E-state index is 0.105. The molecule has 3 aromatic carbocycles. The summed E-state index contributed by atoms with van der Waals surface area (Å²) in [6, 6.07) is 25.2. The van der Waals surface area contributed by atoms with Gasteiger partial charge in [-0.3, -0.25) is 19.5 Å². The van der Waals surface area contributed by atoms with Crippen molar-refractivity contribution >= 4 is 29.1 Å². The van der Waals surface area contributed by atoms with Crippen molar-refractivity contribution in [2.45, 2.75) is 39.5 Å². The largest absolute Gasteiger partial charge is 0.507 e. The lowest BCUT2D eigenvalue weighted by atomic mass is 9.97. The van der Waals surface area contributed by atoms with Gasteiger partial charge in [0, 0.05) is 17.4 Å². The summed E-state index contributed by atoms with van der Waals surface area (Å²) in [6.07, 6.45) is 1.22. The van der Waals surface area contributed by atoms with Crippen molar-refractivity contribution in [3.05, 3.63) is 131 Å². The first kappa shape index (κ1) is 28.3. The Hall–Kier alpha value is -5.24. The Kier molecular flexibility index (Phi) is 8.15. The number of aryl methyl sites for hydroxylation is 1. The second-order valence-electron chi connectivity index (χ2n) is 10.2. The number of ether oxygens (including phenoxy) is 2. The number of benzene rings is 3. The highest BCUT2D eigenvalue weighted by Gasteiger charge is 2.47. The van der Waals surface area contributed by atoms with Gasteiger partial charge in [0.05, 0.1) is 22.9 Å². The topological polar surface area (TPSA) is 106 Å². The van der Waals surface area contributed by atoms with Gasteiger partial charge in [-0.15, -0.1) is 0 Å². The van der Waals surface area contributed by atoms with Crippen LogP contribution in [0.3, 0.4) is 0 Å². The maximum absolute atomic E-state index is 13.5. The molecule has 1 N–H and O–H groups in total. The molecule has 1 aromatic heterocycles. The predicted molar refractivity (Wildman–Crippen MR) is 158 cm³/mol. The molecule has 1 saturated heterocycles. The number of rotatable bonds is 8. The zero-order valence-corrected chi connectivity index (χ0v) is 23.5. The first-order chi connectivity index (χ1) is 20.2. The quantitative estimate of drug-likeness (QED) is 0.119. The molecule has 0 radical (unpaired) electrons. The molecule has 1 fully saturated rings. The lowest BCUT2D eigenvalue weighted by molar-refractivity contribution is -0.132. The van der Waals surface area contributed by atoms with E-state index < -0.39 is 23.7 Å². The zero-order chi connectivity index (χ0) is 29.8. The fourth-order valence-corrected chi connectivity index (χ4v) is 4.83. The van der Waals surface area contributed by atoms with Gasteiger partial charge in [0.15, 0.2) is 0 Å². The molecular weight excluding hydrogens is 532 g/mol. The Balaban J connectivity index is 1.54. The van der Waals surface area contributed by atoms with E-state index >= 15 is 0 Å². The maximum Gasteiger partial charge on any atom is 0.338 e. The molecule has 5 rings (SSSR count). The van der Waals surface area contributed by atoms with Crippen molar-refractivity contribution in [3.8, 4) is 5.75 Å². The number of carbonyl (C=O) groups excluding carboxylic acids is 3. The second kappa shape index (κ2) is 12.1. The van der Waals surface area contributed by atoms with Gasteiger partial charge in [-0.05, 0) is 80.4 Å². The summed E-state index contributed by atoms with van der Waals surface area (Å²) >= 11 is 0. The number of pyridine rings is 1. The molecule has 1 unspecified atom stereocenters. The molecule has 0 aliphatic carbocycles. The number of hydrogen-bond donors (Lipinski definition) is 1. The first-order valence-electron chi connectivity index (χ1n) is 13.6. The SMILES string of the molecule is Cc1cc(/C(O)=C2\C(=O)C(=O)N(c3cccc(C(=O)OC(C)C)c3)C2c2ccccn2)ccc1OCc1ccccc1. The molecule has 1 atom stereocenters. The van der Waals surface area contributed by atoms with E-state index in [0.29, 0.717) is 29.3 Å². The van der Waals surface area contributed by atoms with E-state index in [4.69, 9.17) is 9.47 Å². The number of carbonyl (C=O) groups is 3. The van der Waals surface area contributed by atoms with E-state index in [0.717, 1.165) is 11.1 Å². The smallest absolute Gasteiger partial charge is 0.338 e. The van der Waals surface area contributed by atoms with Gasteiger partial charge in [0.2, 0.25) is 0 Å². The van der Waals surface area contributed by atoms with E-state index in [1.165, 1.54) is 11.0 Å². The van der Waals surface area contributed by atoms with Crippen LogP contribution in [0, 0.1) is 6.92 Å². The second-order valence-corrected chi connectivity index (χ2v) is 10.2. The van der Waals surface area contributed by atoms with Crippen molar-refractivity contribution in [3.63, 3.8) is 0 Å². The number of aromatic nitrogens is 1. The Morgan fingerprint density at radius 2 is 1.69 bits per heavy atom. The predicted octanol–water partition coefficient (Wildman–Crippen LogP) is 6.16. The molecule has 4 aromatic rings. The summed E-state index contributed by atoms with van der Waals surface area (Å²) in [4.78, 5) is 45.3. The van der Waals surface area contributed by atoms with Crippen molar-refractivity contribution in [2.75, 3.05) is 4.90 Å². The van der Waals surface area contributed by atoms with Crippen LogP contribution in [-0.2, 0) is 20.9 Å². The average molecular weight is 563 g/mol. The Morgan fingerprint density at radius 1 is 0.929 bits per heavy atom. The van der Waals surface area contributed by atoms with Crippen LogP contribution >= 0.6 is 0 Å². The van der Waals surface area contributed by atoms with Gasteiger partial charge in [-0.2, -0.15) is 0 Å². The van der Waals surface area contributed by atoms with Gasteiger partial charge in [0.25, 0.3) is 11.7 Å². The fourth-order valence-electron chi connectivity index (χ4n) is 4.83. The molecule has 42 heavy (non-hydrogen) atoms. The van der Waals surface area contributed by atoms with Gasteiger partial charge >= 0.3 is 5.97 Å². The van der Waals surface area contributed by atoms with Gasteiger partial charge in [-0.1, -0.05) is 42.5 Å². The third kappa shape index (κ3) is 5.78. The highest BCUT2D eigenvalue weighted by atomic mass is 16.5. The Morgan fingerprint density at radius 3 is 2.38 bits per heavy atom. The number of esters is 1. The van der Waals surface area contributed by atoms with Crippen molar-refractivity contribution in [2.24, 2.45) is 0 Å². The normalized spacial score (nSPS) is 16.1. The Bertz CT molecular complexity index is 1660. The number of ketones is 1. The number of amides is 1. The fraction of sp³-hybridized carbons (Fsp3) is 0.176. The molecule has 1 aliphatic heterocycles. The van der Waals surface area contributed by atoms with Crippen molar-refractivity contribution in [1.29, 1.82) is 0 Å². The summed E-state index contributed by atoms with van der Waals surface area (Å²) in [6.45, 7) is 5.70. The standard InChI is InChI=1S/C34H30N2O6/c1-21(2)42-34(40)25-12-9-13-26(19-25)36-30(27-14-7-8-17-35-27)29(32(38)33(36)39)31(37)24-15-16-28(22(3)18-24)41-20-23-10-5-4-6-11-23/h4-19,21,30,37H,20H2,1-3H3/b31-29+. The van der Waals surface area contributed by atoms with Crippen LogP contribution in [0.15, 0.2) is 103 Å². The van der Waals surface area contributed by atoms with Crippen LogP contribution < -0.4 is 9.64 Å². The van der Waals surface area contributed by atoms with Crippen LogP contribution in [0.5, 0.6) is 5.75 Å². The number of Topliss-reactive ketones (excluding diaryl/α,β-unsaturated/α-hetero) is 1. The lowest BCUT2D eigenvalue weighted by Gasteiger charge is -2.25. The highest BCUT2D eigenvalue weighted by Crippen LogP contribution is 2.42. The zero-order valence-electron chi connectivity index (χ0n) is 23.5. The van der Waals surface area contributed by atoms with Gasteiger partial charge in [0.1, 0.15) is 24.2 Å². The number of hydrogen-bond acceptors (Lipinski definition) is 7. The molecule has 2 heterocycles. The summed E-state index contributed by atoms with van der Waals surface area (Å²) in [5.41, 5.74) is 2.91. The van der Waals surface area contributed by atoms with Crippen molar-refractivity contribution in [1.82, 2.24) is 4.98 Å². The van der Waals surface area contributed by atoms with Crippen LogP contribution in [0.2, 0.25) is 0 Å². The van der Waals surface area contributed by atoms with Crippen LogP contribution in [-0.4, -0.2) is 33.9 Å². The van der Waals surface area contributed by atoms with Gasteiger partial charge < -0.3 is 14.6 Å². The molecule has 212 valence electrons. The van der Waals surface area contributed by atoms with E-state index in [9.17, 15) is 19.5 Å². The first-order valence-corrected chi connectivity index (χ1v) is 13.6. The summed E-state index contributed by atoms with van der Waals surface area (Å²) in [5.74, 6) is -1.97. The molecular formula is C34H30N2O6. The molecule has 0 spiro atoms. The summed E-state index contributed by atoms with van der Waals surface area (Å²) < 4.78 is 11.3. The molecule has 1 amide bonds. The van der Waals surface area contributed by atoms with E-state index in [-0.39, 0.29) is 23.0 Å². The van der Waals surface area contributed by atoms with E-state index in [1.807, 2.05) is 37.3 Å². The van der Waals surface area contributed by atoms with Crippen LogP contribution in [0.1, 0.15) is 52.6 Å². The maximum atomic E-state index is 13.5. The van der Waals surface area contributed by atoms with Crippen molar-refractivity contribution < 1.29 is 29.0 Å². The molecule has 1 aliphatic rings. The number of aliphatic hydroxyl groups is 1. The highest BCUT2D eigenvalue weighted by molar-refractivity contribution is 6.51. The van der Waals surface area contributed by atoms with Gasteiger partial charge in [-0.25, -0.2) is 4.79 Å². The van der Waals surface area contributed by atoms with E-state index in [2.05, 4.69) is 4.98 Å². The molecule has 8 nitrogen and oxygen atoms in total. The third-order valence-electron chi connectivity index (χ3n) is 6.80. The average Bonchev–Trinajstić information content (AvgIpc) is 3.26. The number of aliphatic hydroxyl groups excluding tert-OH is 1. The minimum atomic E-state index is -1.03. The van der Waals surface area contributed by atoms with E-state index in [1.54, 1.807) is 74.6 Å². The minimum Gasteiger partial charge on any atom is -0.507 e. The molecule has 0 saturated carbocycles. The lowest BCUT2D eigenvalue weighted by Crippen LogP contribution is -2.30. The molecule has 8 heteroatoms. The number of nitrogens with zero attached hydrogens (tertiary/aromatic N) is 2.